The minimum Gasteiger partial charge on any atom is -0.481 e. The van der Waals surface area contributed by atoms with Gasteiger partial charge in [-0.1, -0.05) is 18.2 Å². The van der Waals surface area contributed by atoms with E-state index in [0.29, 0.717) is 36.2 Å². The highest BCUT2D eigenvalue weighted by Crippen LogP contribution is 2.35. The lowest BCUT2D eigenvalue weighted by molar-refractivity contribution is -0.136. The van der Waals surface area contributed by atoms with Gasteiger partial charge in [0.15, 0.2) is 13.1 Å². The standard InChI is InChI=1S/C25H31NO8/c1-25(2,3)34-24(30)26-14-17-6-5-7-19(10-17)21-12-18(13-22(28)29)11-20(15-27)23(21)33-16-32-9-8-31-4/h5-7,10-12,15H,8-9,13-14,16H2,1-4H3,(H,26,30)(H,28,29). The van der Waals surface area contributed by atoms with Gasteiger partial charge in [-0.15, -0.1) is 0 Å². The van der Waals surface area contributed by atoms with Crippen molar-refractivity contribution in [2.24, 2.45) is 0 Å². The maximum Gasteiger partial charge on any atom is 0.407 e. The van der Waals surface area contributed by atoms with Crippen LogP contribution in [0.25, 0.3) is 11.1 Å². The number of aldehydes is 1. The van der Waals surface area contributed by atoms with E-state index in [2.05, 4.69) is 5.32 Å². The van der Waals surface area contributed by atoms with Crippen LogP contribution in [0.1, 0.15) is 42.3 Å². The molecule has 9 nitrogen and oxygen atoms in total. The first-order valence-corrected chi connectivity index (χ1v) is 10.7. The van der Waals surface area contributed by atoms with E-state index in [1.54, 1.807) is 40.0 Å². The molecule has 184 valence electrons. The van der Waals surface area contributed by atoms with Crippen LogP contribution in [0.15, 0.2) is 36.4 Å². The third kappa shape index (κ3) is 8.84. The van der Waals surface area contributed by atoms with Gasteiger partial charge in [-0.3, -0.25) is 9.59 Å². The summed E-state index contributed by atoms with van der Waals surface area (Å²) in [6.07, 6.45) is -0.173. The van der Waals surface area contributed by atoms with E-state index in [0.717, 1.165) is 5.56 Å². The van der Waals surface area contributed by atoms with E-state index < -0.39 is 17.7 Å². The number of nitrogens with one attached hydrogen (secondary N) is 1. The first kappa shape index (κ1) is 26.8. The highest BCUT2D eigenvalue weighted by molar-refractivity contribution is 5.88. The van der Waals surface area contributed by atoms with Gasteiger partial charge in [-0.25, -0.2) is 4.79 Å². The van der Waals surface area contributed by atoms with Crippen LogP contribution in [-0.2, 0) is 32.0 Å². The smallest absolute Gasteiger partial charge is 0.407 e. The molecule has 0 fully saturated rings. The Bertz CT molecular complexity index is 997. The fraction of sp³-hybridized carbons (Fsp3) is 0.400. The average Bonchev–Trinajstić information content (AvgIpc) is 2.76. The van der Waals surface area contributed by atoms with E-state index >= 15 is 0 Å². The van der Waals surface area contributed by atoms with Crippen LogP contribution in [0.4, 0.5) is 4.79 Å². The molecule has 0 saturated carbocycles. The van der Waals surface area contributed by atoms with Crippen molar-refractivity contribution in [2.75, 3.05) is 27.1 Å². The number of carboxylic acids is 1. The quantitative estimate of drug-likeness (QED) is 0.271. The molecule has 2 N–H and O–H groups in total. The van der Waals surface area contributed by atoms with E-state index in [1.165, 1.54) is 6.07 Å². The Morgan fingerprint density at radius 1 is 1.09 bits per heavy atom. The number of ether oxygens (including phenoxy) is 4. The van der Waals surface area contributed by atoms with E-state index in [1.807, 2.05) is 18.2 Å². The van der Waals surface area contributed by atoms with Crippen LogP contribution in [0.2, 0.25) is 0 Å². The number of carbonyl (C=O) groups excluding carboxylic acids is 2. The molecule has 0 aliphatic carbocycles. The second kappa shape index (κ2) is 12.7. The van der Waals surface area contributed by atoms with Gasteiger partial charge >= 0.3 is 12.1 Å². The molecule has 0 bridgehead atoms. The van der Waals surface area contributed by atoms with Gasteiger partial charge in [0.1, 0.15) is 11.4 Å². The van der Waals surface area contributed by atoms with E-state index in [-0.39, 0.29) is 31.1 Å². The Hall–Kier alpha value is -3.43. The molecule has 0 atom stereocenters. The molecule has 0 aromatic heterocycles. The second-order valence-corrected chi connectivity index (χ2v) is 8.47. The zero-order chi connectivity index (χ0) is 25.1. The van der Waals surface area contributed by atoms with Crippen molar-refractivity contribution in [3.05, 3.63) is 53.1 Å². The molecule has 0 unspecified atom stereocenters. The number of hydrogen-bond donors (Lipinski definition) is 2. The summed E-state index contributed by atoms with van der Waals surface area (Å²) in [6.45, 7) is 6.14. The number of benzene rings is 2. The molecule has 2 rings (SSSR count). The normalized spacial score (nSPS) is 11.1. The Balaban J connectivity index is 2.34. The van der Waals surface area contributed by atoms with Crippen molar-refractivity contribution in [2.45, 2.75) is 39.3 Å². The van der Waals surface area contributed by atoms with Crippen LogP contribution in [0.5, 0.6) is 5.75 Å². The maximum atomic E-state index is 12.0. The van der Waals surface area contributed by atoms with Crippen LogP contribution >= 0.6 is 0 Å². The average molecular weight is 474 g/mol. The highest BCUT2D eigenvalue weighted by Gasteiger charge is 2.18. The fourth-order valence-electron chi connectivity index (χ4n) is 3.09. The number of carboxylic acid groups (broad SMARTS) is 1. The molecular formula is C25H31NO8. The first-order valence-electron chi connectivity index (χ1n) is 10.7. The predicted molar refractivity (Wildman–Crippen MR) is 125 cm³/mol. The van der Waals surface area contributed by atoms with Gasteiger partial charge in [-0.2, -0.15) is 0 Å². The van der Waals surface area contributed by atoms with Gasteiger partial charge in [-0.05, 0) is 55.7 Å². The molecule has 2 aromatic carbocycles. The minimum absolute atomic E-state index is 0.116. The SMILES string of the molecule is COCCOCOc1c(C=O)cc(CC(=O)O)cc1-c1cccc(CNC(=O)OC(C)(C)C)c1. The number of hydrogen-bond acceptors (Lipinski definition) is 7. The maximum absolute atomic E-state index is 12.0. The molecular weight excluding hydrogens is 442 g/mol. The summed E-state index contributed by atoms with van der Waals surface area (Å²) in [5.41, 5.74) is 2.05. The third-order valence-electron chi connectivity index (χ3n) is 4.45. The van der Waals surface area contributed by atoms with Crippen molar-refractivity contribution in [3.63, 3.8) is 0 Å². The van der Waals surface area contributed by atoms with Gasteiger partial charge in [0.2, 0.25) is 0 Å². The van der Waals surface area contributed by atoms with Crippen LogP contribution in [0.3, 0.4) is 0 Å². The van der Waals surface area contributed by atoms with Gasteiger partial charge in [0, 0.05) is 19.2 Å². The fourth-order valence-corrected chi connectivity index (χ4v) is 3.09. The third-order valence-corrected chi connectivity index (χ3v) is 4.45. The van der Waals surface area contributed by atoms with Crippen LogP contribution < -0.4 is 10.1 Å². The summed E-state index contributed by atoms with van der Waals surface area (Å²) >= 11 is 0. The number of carbonyl (C=O) groups is 3. The largest absolute Gasteiger partial charge is 0.481 e. The topological polar surface area (TPSA) is 120 Å². The molecule has 9 heteroatoms. The monoisotopic (exact) mass is 473 g/mol. The minimum atomic E-state index is -1.02. The Labute approximate surface area is 199 Å². The Kier molecular flexibility index (Phi) is 10.0. The summed E-state index contributed by atoms with van der Waals surface area (Å²) in [5, 5.41) is 11.9. The van der Waals surface area contributed by atoms with Crippen LogP contribution in [0, 0.1) is 0 Å². The van der Waals surface area contributed by atoms with Gasteiger partial charge in [0.05, 0.1) is 25.2 Å². The predicted octanol–water partition coefficient (Wildman–Crippen LogP) is 3.82. The molecule has 0 heterocycles. The number of methoxy groups -OCH3 is 1. The van der Waals surface area contributed by atoms with Crippen molar-refractivity contribution in [1.82, 2.24) is 5.32 Å². The van der Waals surface area contributed by atoms with Crippen molar-refractivity contribution in [1.29, 1.82) is 0 Å². The van der Waals surface area contributed by atoms with Crippen molar-refractivity contribution in [3.8, 4) is 16.9 Å². The number of alkyl carbamates (subject to hydrolysis) is 1. The summed E-state index contributed by atoms with van der Waals surface area (Å²) in [4.78, 5) is 35.1. The Morgan fingerprint density at radius 2 is 1.85 bits per heavy atom. The zero-order valence-corrected chi connectivity index (χ0v) is 19.9. The molecule has 2 aromatic rings. The summed E-state index contributed by atoms with van der Waals surface area (Å²) in [6, 6.07) is 10.4. The summed E-state index contributed by atoms with van der Waals surface area (Å²) in [7, 11) is 1.55. The van der Waals surface area contributed by atoms with Gasteiger partial charge in [0.25, 0.3) is 0 Å². The van der Waals surface area contributed by atoms with Crippen LogP contribution in [-0.4, -0.2) is 56.2 Å². The summed E-state index contributed by atoms with van der Waals surface area (Å²) < 4.78 is 21.3. The second-order valence-electron chi connectivity index (χ2n) is 8.47. The number of aliphatic carboxylic acids is 1. The van der Waals surface area contributed by atoms with E-state index in [4.69, 9.17) is 18.9 Å². The van der Waals surface area contributed by atoms with E-state index in [9.17, 15) is 19.5 Å². The van der Waals surface area contributed by atoms with Gasteiger partial charge < -0.3 is 29.4 Å². The molecule has 1 amide bonds. The first-order chi connectivity index (χ1) is 16.1. The Morgan fingerprint density at radius 3 is 2.50 bits per heavy atom. The van der Waals surface area contributed by atoms with Crippen molar-refractivity contribution < 1.29 is 38.4 Å². The molecule has 0 spiro atoms. The molecule has 34 heavy (non-hydrogen) atoms. The zero-order valence-electron chi connectivity index (χ0n) is 19.9. The lowest BCUT2D eigenvalue weighted by atomic mass is 9.96. The molecule has 0 aliphatic rings. The lowest BCUT2D eigenvalue weighted by Gasteiger charge is -2.20. The summed E-state index contributed by atoms with van der Waals surface area (Å²) in [5.74, 6) is -0.742. The number of amides is 1. The lowest BCUT2D eigenvalue weighted by Crippen LogP contribution is -2.32. The molecule has 0 radical (unpaired) electrons. The number of rotatable bonds is 12. The highest BCUT2D eigenvalue weighted by atomic mass is 16.7. The van der Waals surface area contributed by atoms with Crippen molar-refractivity contribution >= 4 is 18.3 Å². The molecule has 0 aliphatic heterocycles. The molecule has 0 saturated heterocycles.